The van der Waals surface area contributed by atoms with Crippen LogP contribution in [0.25, 0.3) is 11.3 Å². The normalized spacial score (nSPS) is 16.1. The van der Waals surface area contributed by atoms with E-state index in [0.717, 1.165) is 60.9 Å². The first-order valence-electron chi connectivity index (χ1n) is 10.1. The minimum absolute atomic E-state index is 0.537. The predicted octanol–water partition coefficient (Wildman–Crippen LogP) is 2.20. The highest BCUT2D eigenvalue weighted by atomic mass is 16.5. The van der Waals surface area contributed by atoms with Crippen molar-refractivity contribution in [2.75, 3.05) is 42.6 Å². The second-order valence-electron chi connectivity index (χ2n) is 7.34. The summed E-state index contributed by atoms with van der Waals surface area (Å²) in [5.41, 5.74) is 4.52. The molecular formula is C22H21N7O. The minimum atomic E-state index is 0.537. The Hall–Kier alpha value is -3.57. The molecule has 8 nitrogen and oxygen atoms in total. The maximum absolute atomic E-state index is 9.63. The van der Waals surface area contributed by atoms with E-state index in [0.29, 0.717) is 24.7 Å². The molecule has 8 heteroatoms. The number of hydrogen-bond donors (Lipinski definition) is 0. The fourth-order valence-electron chi connectivity index (χ4n) is 3.89. The van der Waals surface area contributed by atoms with Crippen molar-refractivity contribution in [2.24, 2.45) is 0 Å². The Kier molecular flexibility index (Phi) is 4.95. The van der Waals surface area contributed by atoms with Crippen molar-refractivity contribution >= 4 is 11.8 Å². The SMILES string of the molecule is N#Cc1cc2c(nc1N1CCN(c3nccc(-c4cccnc4)n3)CC1)CCOC2. The Morgan fingerprint density at radius 3 is 2.70 bits per heavy atom. The first kappa shape index (κ1) is 18.5. The average molecular weight is 399 g/mol. The Labute approximate surface area is 174 Å². The molecule has 0 amide bonds. The second-order valence-corrected chi connectivity index (χ2v) is 7.34. The minimum Gasteiger partial charge on any atom is -0.376 e. The van der Waals surface area contributed by atoms with Crippen LogP contribution in [0.2, 0.25) is 0 Å². The van der Waals surface area contributed by atoms with Gasteiger partial charge in [-0.15, -0.1) is 0 Å². The van der Waals surface area contributed by atoms with Gasteiger partial charge in [0.15, 0.2) is 0 Å². The highest BCUT2D eigenvalue weighted by molar-refractivity contribution is 5.60. The zero-order chi connectivity index (χ0) is 20.3. The Bertz CT molecular complexity index is 1090. The fraction of sp³-hybridized carbons (Fsp3) is 0.318. The predicted molar refractivity (Wildman–Crippen MR) is 112 cm³/mol. The molecule has 0 spiro atoms. The van der Waals surface area contributed by atoms with Gasteiger partial charge in [-0.3, -0.25) is 4.98 Å². The van der Waals surface area contributed by atoms with Crippen LogP contribution in [0.1, 0.15) is 16.8 Å². The molecule has 5 rings (SSSR count). The molecule has 2 aliphatic heterocycles. The van der Waals surface area contributed by atoms with Gasteiger partial charge >= 0.3 is 0 Å². The van der Waals surface area contributed by atoms with Gasteiger partial charge in [0.25, 0.3) is 0 Å². The van der Waals surface area contributed by atoms with Crippen LogP contribution in [0, 0.1) is 11.3 Å². The lowest BCUT2D eigenvalue weighted by Gasteiger charge is -2.36. The largest absolute Gasteiger partial charge is 0.376 e. The zero-order valence-corrected chi connectivity index (χ0v) is 16.5. The smallest absolute Gasteiger partial charge is 0.225 e. The van der Waals surface area contributed by atoms with Crippen molar-refractivity contribution in [2.45, 2.75) is 13.0 Å². The van der Waals surface area contributed by atoms with Gasteiger partial charge in [0.1, 0.15) is 11.9 Å². The summed E-state index contributed by atoms with van der Waals surface area (Å²) < 4.78 is 5.50. The summed E-state index contributed by atoms with van der Waals surface area (Å²) in [6, 6.07) is 10.0. The van der Waals surface area contributed by atoms with Crippen LogP contribution in [0.3, 0.4) is 0 Å². The summed E-state index contributed by atoms with van der Waals surface area (Å²) in [7, 11) is 0. The van der Waals surface area contributed by atoms with Gasteiger partial charge in [-0.1, -0.05) is 0 Å². The number of hydrogen-bond acceptors (Lipinski definition) is 8. The first-order chi connectivity index (χ1) is 14.8. The van der Waals surface area contributed by atoms with Crippen LogP contribution in [-0.2, 0) is 17.8 Å². The van der Waals surface area contributed by atoms with Crippen LogP contribution in [0.15, 0.2) is 42.9 Å². The lowest BCUT2D eigenvalue weighted by molar-refractivity contribution is 0.109. The van der Waals surface area contributed by atoms with Crippen molar-refractivity contribution in [3.8, 4) is 17.3 Å². The molecule has 5 heterocycles. The topological polar surface area (TPSA) is 91.1 Å². The molecule has 0 unspecified atom stereocenters. The molecule has 0 aromatic carbocycles. The molecular weight excluding hydrogens is 378 g/mol. The number of fused-ring (bicyclic) bond motifs is 1. The number of rotatable bonds is 3. The quantitative estimate of drug-likeness (QED) is 0.662. The van der Waals surface area contributed by atoms with E-state index in [1.807, 2.05) is 24.3 Å². The van der Waals surface area contributed by atoms with Crippen molar-refractivity contribution < 1.29 is 4.74 Å². The number of nitriles is 1. The monoisotopic (exact) mass is 399 g/mol. The van der Waals surface area contributed by atoms with Crippen LogP contribution < -0.4 is 9.80 Å². The molecule has 0 bridgehead atoms. The third kappa shape index (κ3) is 3.55. The Balaban J connectivity index is 1.33. The number of ether oxygens (including phenoxy) is 1. The van der Waals surface area contributed by atoms with Crippen molar-refractivity contribution in [3.05, 3.63) is 59.7 Å². The van der Waals surface area contributed by atoms with Crippen LogP contribution in [0.4, 0.5) is 11.8 Å². The Morgan fingerprint density at radius 2 is 1.90 bits per heavy atom. The van der Waals surface area contributed by atoms with Crippen molar-refractivity contribution in [1.82, 2.24) is 19.9 Å². The van der Waals surface area contributed by atoms with Crippen molar-refractivity contribution in [3.63, 3.8) is 0 Å². The molecule has 2 aliphatic rings. The third-order valence-corrected chi connectivity index (χ3v) is 5.49. The van der Waals surface area contributed by atoms with Crippen LogP contribution in [0.5, 0.6) is 0 Å². The molecule has 0 radical (unpaired) electrons. The van der Waals surface area contributed by atoms with E-state index in [4.69, 9.17) is 14.7 Å². The maximum atomic E-state index is 9.63. The Morgan fingerprint density at radius 1 is 1.03 bits per heavy atom. The number of anilines is 2. The number of piperazine rings is 1. The highest BCUT2D eigenvalue weighted by Crippen LogP contribution is 2.26. The molecule has 0 aliphatic carbocycles. The summed E-state index contributed by atoms with van der Waals surface area (Å²) in [5.74, 6) is 1.50. The van der Waals surface area contributed by atoms with Gasteiger partial charge in [0.2, 0.25) is 5.95 Å². The van der Waals surface area contributed by atoms with E-state index in [-0.39, 0.29) is 0 Å². The van der Waals surface area contributed by atoms with Gasteiger partial charge in [0, 0.05) is 62.3 Å². The molecule has 0 atom stereocenters. The fourth-order valence-corrected chi connectivity index (χ4v) is 3.89. The molecule has 150 valence electrons. The molecule has 30 heavy (non-hydrogen) atoms. The molecule has 0 N–H and O–H groups in total. The summed E-state index contributed by atoms with van der Waals surface area (Å²) in [4.78, 5) is 22.6. The zero-order valence-electron chi connectivity index (χ0n) is 16.5. The van der Waals surface area contributed by atoms with Crippen molar-refractivity contribution in [1.29, 1.82) is 5.26 Å². The number of aromatic nitrogens is 4. The summed E-state index contributed by atoms with van der Waals surface area (Å²) in [5, 5.41) is 9.63. The van der Waals surface area contributed by atoms with Gasteiger partial charge < -0.3 is 14.5 Å². The van der Waals surface area contributed by atoms with Crippen LogP contribution in [-0.4, -0.2) is 52.7 Å². The third-order valence-electron chi connectivity index (χ3n) is 5.49. The maximum Gasteiger partial charge on any atom is 0.225 e. The van der Waals surface area contributed by atoms with Gasteiger partial charge in [0.05, 0.1) is 30.2 Å². The average Bonchev–Trinajstić information content (AvgIpc) is 2.84. The van der Waals surface area contributed by atoms with Gasteiger partial charge in [-0.25, -0.2) is 15.0 Å². The van der Waals surface area contributed by atoms with E-state index < -0.39 is 0 Å². The molecule has 1 saturated heterocycles. The van der Waals surface area contributed by atoms with Gasteiger partial charge in [-0.2, -0.15) is 5.26 Å². The molecule has 3 aromatic heterocycles. The number of nitrogens with zero attached hydrogens (tertiary/aromatic N) is 7. The van der Waals surface area contributed by atoms with Crippen LogP contribution >= 0.6 is 0 Å². The molecule has 3 aromatic rings. The van der Waals surface area contributed by atoms with E-state index in [2.05, 4.69) is 25.8 Å². The molecule has 0 saturated carbocycles. The van der Waals surface area contributed by atoms with E-state index in [9.17, 15) is 5.26 Å². The molecule has 1 fully saturated rings. The lowest BCUT2D eigenvalue weighted by Crippen LogP contribution is -2.47. The van der Waals surface area contributed by atoms with E-state index in [1.54, 1.807) is 18.6 Å². The standard InChI is InChI=1S/C22H21N7O/c23-13-17-12-18-15-30-11-4-20(18)26-21(17)28-7-9-29(10-8-28)22-25-6-3-19(27-22)16-2-1-5-24-14-16/h1-3,5-6,12,14H,4,7-11,15H2. The summed E-state index contributed by atoms with van der Waals surface area (Å²) in [6.07, 6.45) is 6.14. The summed E-state index contributed by atoms with van der Waals surface area (Å²) in [6.45, 7) is 4.28. The number of pyridine rings is 2. The van der Waals surface area contributed by atoms with Gasteiger partial charge in [-0.05, 0) is 24.3 Å². The van der Waals surface area contributed by atoms with E-state index in [1.165, 1.54) is 0 Å². The first-order valence-corrected chi connectivity index (χ1v) is 10.1. The lowest BCUT2D eigenvalue weighted by atomic mass is 10.1. The second kappa shape index (κ2) is 8.05. The summed E-state index contributed by atoms with van der Waals surface area (Å²) >= 11 is 0. The van der Waals surface area contributed by atoms with E-state index >= 15 is 0 Å². The highest BCUT2D eigenvalue weighted by Gasteiger charge is 2.24.